The van der Waals surface area contributed by atoms with Gasteiger partial charge in [0.1, 0.15) is 11.4 Å². The Balaban J connectivity index is 2.32. The van der Waals surface area contributed by atoms with Gasteiger partial charge in [0.2, 0.25) is 0 Å². The highest BCUT2D eigenvalue weighted by atomic mass is 79.9. The summed E-state index contributed by atoms with van der Waals surface area (Å²) >= 11 is 3.33. The lowest BCUT2D eigenvalue weighted by Gasteiger charge is -2.44. The van der Waals surface area contributed by atoms with E-state index in [9.17, 15) is 9.59 Å². The Labute approximate surface area is 126 Å². The van der Waals surface area contributed by atoms with Crippen molar-refractivity contribution in [3.05, 3.63) is 32.2 Å². The molecule has 6 heteroatoms. The highest BCUT2D eigenvalue weighted by Gasteiger charge is 2.50. The zero-order valence-corrected chi connectivity index (χ0v) is 13.5. The number of carbonyl (C=O) groups excluding carboxylic acids is 1. The van der Waals surface area contributed by atoms with Crippen LogP contribution in [0, 0.1) is 6.92 Å². The van der Waals surface area contributed by atoms with E-state index in [1.165, 1.54) is 0 Å². The van der Waals surface area contributed by atoms with Gasteiger partial charge in [-0.2, -0.15) is 0 Å². The van der Waals surface area contributed by atoms with Crippen molar-refractivity contribution in [1.29, 1.82) is 0 Å². The lowest BCUT2D eigenvalue weighted by molar-refractivity contribution is 0.00394. The maximum absolute atomic E-state index is 12.6. The summed E-state index contributed by atoms with van der Waals surface area (Å²) in [6, 6.07) is 1.74. The van der Waals surface area contributed by atoms with Gasteiger partial charge in [-0.3, -0.25) is 14.2 Å². The average molecular weight is 340 g/mol. The lowest BCUT2D eigenvalue weighted by atomic mass is 9.97. The second-order valence-electron chi connectivity index (χ2n) is 5.85. The van der Waals surface area contributed by atoms with Gasteiger partial charge in [-0.1, -0.05) is 0 Å². The zero-order valence-electron chi connectivity index (χ0n) is 11.9. The summed E-state index contributed by atoms with van der Waals surface area (Å²) in [5.74, 6) is -0.0533. The summed E-state index contributed by atoms with van der Waals surface area (Å²) in [6.45, 7) is 3.58. The van der Waals surface area contributed by atoms with Crippen molar-refractivity contribution in [2.24, 2.45) is 0 Å². The molecule has 2 aliphatic heterocycles. The molecule has 0 saturated carbocycles. The first-order chi connectivity index (χ1) is 9.38. The minimum atomic E-state index is -0.537. The number of halogens is 1. The largest absolute Gasteiger partial charge is 0.316 e. The number of nitrogens with zero attached hydrogens (tertiary/aromatic N) is 3. The van der Waals surface area contributed by atoms with Gasteiger partial charge >= 0.3 is 0 Å². The first kappa shape index (κ1) is 13.8. The fourth-order valence-electron chi connectivity index (χ4n) is 3.54. The van der Waals surface area contributed by atoms with Crippen molar-refractivity contribution in [3.63, 3.8) is 0 Å². The monoisotopic (exact) mass is 339 g/mol. The van der Waals surface area contributed by atoms with E-state index in [0.29, 0.717) is 16.7 Å². The van der Waals surface area contributed by atoms with Crippen LogP contribution in [-0.2, 0) is 5.66 Å². The molecule has 0 aromatic carbocycles. The van der Waals surface area contributed by atoms with Crippen molar-refractivity contribution in [2.45, 2.75) is 25.4 Å². The normalized spacial score (nSPS) is 26.4. The first-order valence-corrected chi connectivity index (χ1v) is 7.57. The van der Waals surface area contributed by atoms with Gasteiger partial charge in [0, 0.05) is 13.6 Å². The smallest absolute Gasteiger partial charge is 0.272 e. The third kappa shape index (κ3) is 1.64. The summed E-state index contributed by atoms with van der Waals surface area (Å²) in [6.07, 6.45) is 1.80. The third-order valence-electron chi connectivity index (χ3n) is 4.54. The van der Waals surface area contributed by atoms with Gasteiger partial charge < -0.3 is 9.80 Å². The molecule has 0 N–H and O–H groups in total. The number of pyridine rings is 1. The Bertz CT molecular complexity index is 655. The second kappa shape index (κ2) is 4.43. The van der Waals surface area contributed by atoms with E-state index < -0.39 is 5.66 Å². The van der Waals surface area contributed by atoms with Crippen molar-refractivity contribution >= 4 is 21.8 Å². The Kier molecular flexibility index (Phi) is 3.06. The lowest BCUT2D eigenvalue weighted by Crippen LogP contribution is -2.57. The molecule has 1 aromatic rings. The highest BCUT2D eigenvalue weighted by molar-refractivity contribution is 9.10. The van der Waals surface area contributed by atoms with Crippen LogP contribution in [0.5, 0.6) is 0 Å². The van der Waals surface area contributed by atoms with Crippen LogP contribution in [0.3, 0.4) is 0 Å². The number of likely N-dealkylation sites (N-methyl/N-ethyl adjacent to an activating group) is 2. The Hall–Kier alpha value is -1.14. The number of rotatable bonds is 0. The molecule has 20 heavy (non-hydrogen) atoms. The van der Waals surface area contributed by atoms with Crippen molar-refractivity contribution in [1.82, 2.24) is 14.4 Å². The molecule has 2 aliphatic rings. The summed E-state index contributed by atoms with van der Waals surface area (Å²) in [5, 5.41) is 0. The fourth-order valence-corrected chi connectivity index (χ4v) is 4.06. The topological polar surface area (TPSA) is 45.6 Å². The number of carbonyl (C=O) groups is 1. The Morgan fingerprint density at radius 1 is 1.30 bits per heavy atom. The predicted molar refractivity (Wildman–Crippen MR) is 79.9 cm³/mol. The molecule has 1 aromatic heterocycles. The molecule has 1 spiro atoms. The molecule has 3 rings (SSSR count). The Morgan fingerprint density at radius 3 is 2.65 bits per heavy atom. The van der Waals surface area contributed by atoms with Crippen LogP contribution in [0.1, 0.15) is 28.9 Å². The zero-order chi connectivity index (χ0) is 14.7. The van der Waals surface area contributed by atoms with Crippen molar-refractivity contribution in [3.8, 4) is 0 Å². The van der Waals surface area contributed by atoms with Gasteiger partial charge in [-0.05, 0) is 60.9 Å². The first-order valence-electron chi connectivity index (χ1n) is 6.78. The van der Waals surface area contributed by atoms with Gasteiger partial charge in [0.25, 0.3) is 11.5 Å². The van der Waals surface area contributed by atoms with E-state index in [4.69, 9.17) is 0 Å². The van der Waals surface area contributed by atoms with Crippen molar-refractivity contribution < 1.29 is 4.79 Å². The van der Waals surface area contributed by atoms with E-state index in [0.717, 1.165) is 24.9 Å². The minimum Gasteiger partial charge on any atom is -0.316 e. The number of likely N-dealkylation sites (tertiary alicyclic amines) is 1. The SMILES string of the molecule is Cc1cc(Br)c(=O)n2c1C(=O)N(C)C21CCCN(C)C1. The summed E-state index contributed by atoms with van der Waals surface area (Å²) in [5.41, 5.74) is 0.735. The Morgan fingerprint density at radius 2 is 2.00 bits per heavy atom. The van der Waals surface area contributed by atoms with Crippen LogP contribution in [0.4, 0.5) is 0 Å². The van der Waals surface area contributed by atoms with Crippen LogP contribution < -0.4 is 5.56 Å². The van der Waals surface area contributed by atoms with Crippen LogP contribution >= 0.6 is 15.9 Å². The van der Waals surface area contributed by atoms with E-state index in [1.807, 2.05) is 14.0 Å². The highest BCUT2D eigenvalue weighted by Crippen LogP contribution is 2.38. The maximum atomic E-state index is 12.6. The number of aromatic nitrogens is 1. The molecule has 0 bridgehead atoms. The number of amides is 1. The number of piperidine rings is 1. The van der Waals surface area contributed by atoms with Crippen LogP contribution in [-0.4, -0.2) is 47.5 Å². The molecule has 108 valence electrons. The molecule has 0 aliphatic carbocycles. The number of hydrogen-bond acceptors (Lipinski definition) is 3. The van der Waals surface area contributed by atoms with Crippen LogP contribution in [0.15, 0.2) is 15.3 Å². The molecule has 3 heterocycles. The van der Waals surface area contributed by atoms with Gasteiger partial charge in [-0.25, -0.2) is 0 Å². The molecule has 1 amide bonds. The molecule has 1 fully saturated rings. The average Bonchev–Trinajstić information content (AvgIpc) is 2.59. The second-order valence-corrected chi connectivity index (χ2v) is 6.71. The molecule has 0 radical (unpaired) electrons. The number of aryl methyl sites for hydroxylation is 1. The summed E-state index contributed by atoms with van der Waals surface area (Å²) in [7, 11) is 3.84. The third-order valence-corrected chi connectivity index (χ3v) is 5.10. The van der Waals surface area contributed by atoms with E-state index in [-0.39, 0.29) is 11.5 Å². The molecule has 5 nitrogen and oxygen atoms in total. The van der Waals surface area contributed by atoms with Gasteiger partial charge in [0.15, 0.2) is 0 Å². The van der Waals surface area contributed by atoms with Gasteiger partial charge in [0.05, 0.1) is 4.47 Å². The fraction of sp³-hybridized carbons (Fsp3) is 0.571. The maximum Gasteiger partial charge on any atom is 0.272 e. The van der Waals surface area contributed by atoms with Crippen molar-refractivity contribution in [2.75, 3.05) is 27.2 Å². The molecular formula is C14H18BrN3O2. The quantitative estimate of drug-likeness (QED) is 0.717. The molecular weight excluding hydrogens is 322 g/mol. The number of hydrogen-bond donors (Lipinski definition) is 0. The van der Waals surface area contributed by atoms with E-state index in [1.54, 1.807) is 22.6 Å². The van der Waals surface area contributed by atoms with E-state index >= 15 is 0 Å². The van der Waals surface area contributed by atoms with Crippen LogP contribution in [0.2, 0.25) is 0 Å². The predicted octanol–water partition coefficient (Wildman–Crippen LogP) is 1.38. The molecule has 1 atom stereocenters. The summed E-state index contributed by atoms with van der Waals surface area (Å²) in [4.78, 5) is 29.1. The standard InChI is InChI=1S/C14H18BrN3O2/c1-9-7-10(15)12(19)18-11(9)13(20)17(3)14(18)5-4-6-16(2)8-14/h7H,4-6,8H2,1-3H3. The number of fused-ring (bicyclic) bond motifs is 2. The minimum absolute atomic E-state index is 0.0533. The summed E-state index contributed by atoms with van der Waals surface area (Å²) < 4.78 is 2.24. The molecule has 1 unspecified atom stereocenters. The molecule has 1 saturated heterocycles. The van der Waals surface area contributed by atoms with E-state index in [2.05, 4.69) is 20.8 Å². The van der Waals surface area contributed by atoms with Crippen LogP contribution in [0.25, 0.3) is 0 Å². The van der Waals surface area contributed by atoms with Gasteiger partial charge in [-0.15, -0.1) is 0 Å².